The van der Waals surface area contributed by atoms with Gasteiger partial charge in [-0.15, -0.1) is 11.3 Å². The van der Waals surface area contributed by atoms with Crippen LogP contribution in [0.4, 0.5) is 5.82 Å². The van der Waals surface area contributed by atoms with Crippen LogP contribution in [0.15, 0.2) is 22.4 Å². The molecule has 0 bridgehead atoms. The quantitative estimate of drug-likeness (QED) is 0.724. The van der Waals surface area contributed by atoms with E-state index in [4.69, 9.17) is 28.9 Å². The van der Waals surface area contributed by atoms with Crippen molar-refractivity contribution in [3.8, 4) is 11.1 Å². The molecule has 22 heavy (non-hydrogen) atoms. The van der Waals surface area contributed by atoms with Gasteiger partial charge < -0.3 is 5.73 Å². The molecule has 9 heteroatoms. The molecule has 0 saturated carbocycles. The van der Waals surface area contributed by atoms with Crippen LogP contribution in [-0.4, -0.2) is 24.4 Å². The number of H-pyrrole nitrogens is 1. The van der Waals surface area contributed by atoms with Gasteiger partial charge in [-0.1, -0.05) is 36.2 Å². The van der Waals surface area contributed by atoms with Gasteiger partial charge in [0.1, 0.15) is 14.9 Å². The number of nitrogens with zero attached hydrogens (tertiary/aromatic N) is 1. The molecule has 0 atom stereocenters. The Morgan fingerprint density at radius 2 is 2.09 bits per heavy atom. The van der Waals surface area contributed by atoms with Crippen molar-refractivity contribution in [2.24, 2.45) is 0 Å². The Hall–Kier alpha value is -1.28. The summed E-state index contributed by atoms with van der Waals surface area (Å²) in [6.07, 6.45) is 0. The van der Waals surface area contributed by atoms with E-state index in [2.05, 4.69) is 10.2 Å². The van der Waals surface area contributed by atoms with Crippen LogP contribution >= 0.6 is 34.5 Å². The molecule has 0 unspecified atom stereocenters. The fourth-order valence-corrected chi connectivity index (χ4v) is 5.46. The van der Waals surface area contributed by atoms with Gasteiger partial charge in [-0.2, -0.15) is 5.10 Å². The number of nitrogens with one attached hydrogen (secondary N) is 1. The molecule has 5 nitrogen and oxygen atoms in total. The molecule has 0 fully saturated rings. The first-order valence-corrected chi connectivity index (χ1v) is 9.52. The molecule has 0 aliphatic heterocycles. The van der Waals surface area contributed by atoms with Crippen LogP contribution in [-0.2, 0) is 9.84 Å². The first-order valence-electron chi connectivity index (χ1n) is 6.29. The molecule has 0 aliphatic carbocycles. The number of nitrogen functional groups attached to an aromatic ring is 1. The number of fused-ring (bicyclic) bond motifs is 1. The van der Waals surface area contributed by atoms with E-state index in [1.54, 1.807) is 25.1 Å². The molecule has 0 amide bonds. The van der Waals surface area contributed by atoms with Gasteiger partial charge in [-0.3, -0.25) is 5.10 Å². The second kappa shape index (κ2) is 5.42. The summed E-state index contributed by atoms with van der Waals surface area (Å²) < 4.78 is 25.0. The molecular formula is C13H11Cl2N3O2S2. The van der Waals surface area contributed by atoms with Crippen molar-refractivity contribution in [2.75, 3.05) is 11.5 Å². The lowest BCUT2D eigenvalue weighted by Gasteiger charge is -2.08. The first-order chi connectivity index (χ1) is 10.3. The van der Waals surface area contributed by atoms with E-state index >= 15 is 0 Å². The summed E-state index contributed by atoms with van der Waals surface area (Å²) in [6.45, 7) is 1.59. The molecular weight excluding hydrogens is 365 g/mol. The van der Waals surface area contributed by atoms with Crippen LogP contribution < -0.4 is 5.73 Å². The van der Waals surface area contributed by atoms with Crippen LogP contribution in [0.2, 0.25) is 10.0 Å². The molecule has 116 valence electrons. The highest BCUT2D eigenvalue weighted by molar-refractivity contribution is 7.93. The zero-order chi connectivity index (χ0) is 16.1. The van der Waals surface area contributed by atoms with Crippen molar-refractivity contribution in [3.05, 3.63) is 28.2 Å². The lowest BCUT2D eigenvalue weighted by Crippen LogP contribution is -2.03. The van der Waals surface area contributed by atoms with Gasteiger partial charge in [0, 0.05) is 21.2 Å². The number of halogens is 2. The predicted molar refractivity (Wildman–Crippen MR) is 91.6 cm³/mol. The van der Waals surface area contributed by atoms with Crippen LogP contribution in [0, 0.1) is 0 Å². The molecule has 3 rings (SSSR count). The minimum absolute atomic E-state index is 0.0159. The van der Waals surface area contributed by atoms with E-state index in [-0.39, 0.29) is 9.96 Å². The number of benzene rings is 1. The molecule has 1 aromatic carbocycles. The molecule has 0 spiro atoms. The molecule has 0 aliphatic rings. The Balaban J connectivity index is 2.44. The van der Waals surface area contributed by atoms with Crippen molar-refractivity contribution < 1.29 is 8.42 Å². The Bertz CT molecular complexity index is 977. The fraction of sp³-hybridized carbons (Fsp3) is 0.154. The number of nitrogens with two attached hydrogens (primary N) is 1. The van der Waals surface area contributed by atoms with Crippen molar-refractivity contribution in [1.82, 2.24) is 10.2 Å². The third kappa shape index (κ3) is 2.38. The number of thiophene rings is 1. The van der Waals surface area contributed by atoms with Gasteiger partial charge in [-0.25, -0.2) is 8.42 Å². The summed E-state index contributed by atoms with van der Waals surface area (Å²) in [6, 6.07) is 4.92. The van der Waals surface area contributed by atoms with Crippen molar-refractivity contribution >= 4 is 60.4 Å². The highest BCUT2D eigenvalue weighted by Crippen LogP contribution is 2.45. The number of aromatic nitrogens is 2. The van der Waals surface area contributed by atoms with Crippen molar-refractivity contribution in [1.29, 1.82) is 0 Å². The molecule has 2 aromatic heterocycles. The smallest absolute Gasteiger partial charge is 0.188 e. The Labute approximate surface area is 141 Å². The van der Waals surface area contributed by atoms with Crippen molar-refractivity contribution in [2.45, 2.75) is 11.1 Å². The van der Waals surface area contributed by atoms with E-state index in [1.807, 2.05) is 0 Å². The van der Waals surface area contributed by atoms with E-state index in [0.717, 1.165) is 11.3 Å². The van der Waals surface area contributed by atoms with Gasteiger partial charge in [0.25, 0.3) is 0 Å². The standard InChI is InChI=1S/C13H11Cl2N3O2S2/c1-2-22(19,20)13-9(7-4-3-6(14)5-8(7)15)10-11(16)17-18-12(10)21-13/h3-5H,2H2,1H3,(H3,16,17,18). The normalized spacial score (nSPS) is 12.1. The third-order valence-electron chi connectivity index (χ3n) is 3.27. The Morgan fingerprint density at radius 1 is 1.36 bits per heavy atom. The summed E-state index contributed by atoms with van der Waals surface area (Å²) in [5, 5.41) is 8.13. The molecule has 0 radical (unpaired) electrons. The topological polar surface area (TPSA) is 88.8 Å². The highest BCUT2D eigenvalue weighted by Gasteiger charge is 2.27. The summed E-state index contributed by atoms with van der Waals surface area (Å²) in [4.78, 5) is 0.533. The SMILES string of the molecule is CCS(=O)(=O)c1sc2n[nH]c(N)c2c1-c1ccc(Cl)cc1Cl. The average Bonchev–Trinajstić information content (AvgIpc) is 3.00. The Morgan fingerprint density at radius 3 is 2.73 bits per heavy atom. The van der Waals surface area contributed by atoms with E-state index in [1.165, 1.54) is 0 Å². The lowest BCUT2D eigenvalue weighted by molar-refractivity contribution is 0.599. The van der Waals surface area contributed by atoms with Crippen LogP contribution in [0.25, 0.3) is 21.3 Å². The van der Waals surface area contributed by atoms with Gasteiger partial charge in [0.15, 0.2) is 9.84 Å². The second-order valence-electron chi connectivity index (χ2n) is 4.61. The number of hydrogen-bond donors (Lipinski definition) is 2. The van der Waals surface area contributed by atoms with Crippen molar-refractivity contribution in [3.63, 3.8) is 0 Å². The van der Waals surface area contributed by atoms with E-state index in [0.29, 0.717) is 37.2 Å². The zero-order valence-corrected chi connectivity index (χ0v) is 14.5. The molecule has 3 N–H and O–H groups in total. The van der Waals surface area contributed by atoms with Gasteiger partial charge in [-0.05, 0) is 12.1 Å². The van der Waals surface area contributed by atoms with Gasteiger partial charge >= 0.3 is 0 Å². The van der Waals surface area contributed by atoms with Crippen LogP contribution in [0.1, 0.15) is 6.92 Å². The summed E-state index contributed by atoms with van der Waals surface area (Å²) in [5.41, 5.74) is 6.97. The zero-order valence-electron chi connectivity index (χ0n) is 11.4. The van der Waals surface area contributed by atoms with Crippen LogP contribution in [0.5, 0.6) is 0 Å². The maximum atomic E-state index is 12.4. The maximum absolute atomic E-state index is 12.4. The van der Waals surface area contributed by atoms with E-state index < -0.39 is 9.84 Å². The summed E-state index contributed by atoms with van der Waals surface area (Å²) in [5.74, 6) is 0.294. The minimum Gasteiger partial charge on any atom is -0.384 e. The Kier molecular flexibility index (Phi) is 3.84. The molecule has 3 aromatic rings. The fourth-order valence-electron chi connectivity index (χ4n) is 2.18. The van der Waals surface area contributed by atoms with Crippen LogP contribution in [0.3, 0.4) is 0 Å². The summed E-state index contributed by atoms with van der Waals surface area (Å²) in [7, 11) is -3.43. The number of rotatable bonds is 3. The average molecular weight is 376 g/mol. The number of aromatic amines is 1. The largest absolute Gasteiger partial charge is 0.384 e. The number of sulfone groups is 1. The number of anilines is 1. The maximum Gasteiger partial charge on any atom is 0.188 e. The summed E-state index contributed by atoms with van der Waals surface area (Å²) >= 11 is 13.3. The molecule has 2 heterocycles. The monoisotopic (exact) mass is 375 g/mol. The first kappa shape index (κ1) is 15.6. The third-order valence-corrected chi connectivity index (χ3v) is 7.23. The lowest BCUT2D eigenvalue weighted by atomic mass is 10.1. The second-order valence-corrected chi connectivity index (χ2v) is 8.93. The van der Waals surface area contributed by atoms with Gasteiger partial charge in [0.2, 0.25) is 0 Å². The molecule has 0 saturated heterocycles. The number of hydrogen-bond acceptors (Lipinski definition) is 5. The predicted octanol–water partition coefficient (Wildman–Crippen LogP) is 3.97. The van der Waals surface area contributed by atoms with Gasteiger partial charge in [0.05, 0.1) is 11.1 Å². The van der Waals surface area contributed by atoms with E-state index in [9.17, 15) is 8.42 Å². The minimum atomic E-state index is -3.43. The highest BCUT2D eigenvalue weighted by atomic mass is 35.5.